The predicted octanol–water partition coefficient (Wildman–Crippen LogP) is 2.61. The van der Waals surface area contributed by atoms with Gasteiger partial charge in [0.25, 0.3) is 0 Å². The van der Waals surface area contributed by atoms with Gasteiger partial charge in [-0.2, -0.15) is 0 Å². The minimum absolute atomic E-state index is 0.422. The molecular weight excluding hydrogens is 242 g/mol. The molecule has 14 heavy (non-hydrogen) atoms. The fourth-order valence-electron chi connectivity index (χ4n) is 1.58. The van der Waals surface area contributed by atoms with Gasteiger partial charge in [0.2, 0.25) is 0 Å². The summed E-state index contributed by atoms with van der Waals surface area (Å²) in [5, 5.41) is 11.4. The van der Waals surface area contributed by atoms with Crippen molar-refractivity contribution in [2.45, 2.75) is 6.10 Å². The quantitative estimate of drug-likeness (QED) is 0.819. The van der Waals surface area contributed by atoms with Crippen LogP contribution in [0.4, 0.5) is 0 Å². The Morgan fingerprint density at radius 1 is 1.43 bits per heavy atom. The van der Waals surface area contributed by atoms with E-state index in [4.69, 9.17) is 0 Å². The molecule has 2 nitrogen and oxygen atoms in total. The summed E-state index contributed by atoms with van der Waals surface area (Å²) in [6.45, 7) is 0. The lowest BCUT2D eigenvalue weighted by Crippen LogP contribution is -1.98. The molecule has 3 heteroatoms. The van der Waals surface area contributed by atoms with Gasteiger partial charge in [-0.25, -0.2) is 0 Å². The number of rotatable bonds is 2. The molecule has 0 aliphatic rings. The van der Waals surface area contributed by atoms with Gasteiger partial charge in [0.1, 0.15) is 0 Å². The van der Waals surface area contributed by atoms with Crippen LogP contribution in [0, 0.1) is 0 Å². The number of alkyl halides is 1. The van der Waals surface area contributed by atoms with Crippen LogP contribution in [0.2, 0.25) is 0 Å². The zero-order valence-electron chi connectivity index (χ0n) is 7.94. The van der Waals surface area contributed by atoms with E-state index in [0.29, 0.717) is 5.33 Å². The monoisotopic (exact) mass is 253 g/mol. The second-order valence-corrected chi connectivity index (χ2v) is 4.06. The maximum atomic E-state index is 9.66. The van der Waals surface area contributed by atoms with Crippen molar-refractivity contribution in [3.8, 4) is 0 Å². The fraction of sp³-hybridized carbons (Fsp3) is 0.273. The third-order valence-corrected chi connectivity index (χ3v) is 3.06. The lowest BCUT2D eigenvalue weighted by atomic mass is 10.1. The molecule has 1 atom stereocenters. The van der Waals surface area contributed by atoms with Crippen LogP contribution in [-0.2, 0) is 7.05 Å². The van der Waals surface area contributed by atoms with Crippen molar-refractivity contribution in [1.29, 1.82) is 0 Å². The molecule has 0 saturated carbocycles. The zero-order valence-corrected chi connectivity index (χ0v) is 9.53. The molecule has 2 aromatic rings. The zero-order chi connectivity index (χ0) is 10.1. The van der Waals surface area contributed by atoms with E-state index in [1.54, 1.807) is 0 Å². The maximum absolute atomic E-state index is 9.66. The molecule has 0 fully saturated rings. The largest absolute Gasteiger partial charge is 0.388 e. The second-order valence-electron chi connectivity index (χ2n) is 3.41. The Kier molecular flexibility index (Phi) is 2.61. The van der Waals surface area contributed by atoms with Crippen LogP contribution in [0.25, 0.3) is 10.9 Å². The number of halogens is 1. The molecule has 0 aliphatic carbocycles. The minimum Gasteiger partial charge on any atom is -0.388 e. The van der Waals surface area contributed by atoms with E-state index in [0.717, 1.165) is 11.1 Å². The standard InChI is InChI=1S/C11H12BrNO/c1-13-5-4-8-2-3-9(6-10(8)13)11(14)7-12/h2-6,11,14H,7H2,1H3. The average Bonchev–Trinajstić information content (AvgIpc) is 2.59. The molecule has 2 rings (SSSR count). The number of hydrogen-bond acceptors (Lipinski definition) is 1. The van der Waals surface area contributed by atoms with Crippen molar-refractivity contribution in [3.63, 3.8) is 0 Å². The second kappa shape index (κ2) is 3.75. The van der Waals surface area contributed by atoms with Gasteiger partial charge >= 0.3 is 0 Å². The Balaban J connectivity index is 2.54. The van der Waals surface area contributed by atoms with E-state index >= 15 is 0 Å². The van der Waals surface area contributed by atoms with Gasteiger partial charge in [0.05, 0.1) is 6.10 Å². The third kappa shape index (κ3) is 1.57. The number of nitrogens with zero attached hydrogens (tertiary/aromatic N) is 1. The molecular formula is C11H12BrNO. The van der Waals surface area contributed by atoms with E-state index in [1.165, 1.54) is 5.39 Å². The highest BCUT2D eigenvalue weighted by atomic mass is 79.9. The molecule has 0 spiro atoms. The van der Waals surface area contributed by atoms with Crippen molar-refractivity contribution in [3.05, 3.63) is 36.0 Å². The number of benzene rings is 1. The smallest absolute Gasteiger partial charge is 0.0887 e. The van der Waals surface area contributed by atoms with Gasteiger partial charge in [0, 0.05) is 24.1 Å². The first-order valence-electron chi connectivity index (χ1n) is 4.51. The Morgan fingerprint density at radius 2 is 2.21 bits per heavy atom. The summed E-state index contributed by atoms with van der Waals surface area (Å²) >= 11 is 3.27. The summed E-state index contributed by atoms with van der Waals surface area (Å²) < 4.78 is 2.06. The highest BCUT2D eigenvalue weighted by molar-refractivity contribution is 9.09. The van der Waals surface area contributed by atoms with Crippen molar-refractivity contribution < 1.29 is 5.11 Å². The summed E-state index contributed by atoms with van der Waals surface area (Å²) in [5.41, 5.74) is 2.11. The minimum atomic E-state index is -0.422. The van der Waals surface area contributed by atoms with E-state index in [9.17, 15) is 5.11 Å². The SMILES string of the molecule is Cn1ccc2ccc(C(O)CBr)cc21. The first kappa shape index (κ1) is 9.74. The van der Waals surface area contributed by atoms with Gasteiger partial charge in [-0.15, -0.1) is 0 Å². The van der Waals surface area contributed by atoms with E-state index < -0.39 is 6.10 Å². The highest BCUT2D eigenvalue weighted by Crippen LogP contribution is 2.21. The third-order valence-electron chi connectivity index (χ3n) is 2.44. The van der Waals surface area contributed by atoms with Crippen LogP contribution in [0.5, 0.6) is 0 Å². The molecule has 1 N–H and O–H groups in total. The summed E-state index contributed by atoms with van der Waals surface area (Å²) in [5.74, 6) is 0. The first-order valence-corrected chi connectivity index (χ1v) is 5.63. The average molecular weight is 254 g/mol. The number of fused-ring (bicyclic) bond motifs is 1. The molecule has 0 saturated heterocycles. The van der Waals surface area contributed by atoms with E-state index in [-0.39, 0.29) is 0 Å². The molecule has 0 amide bonds. The lowest BCUT2D eigenvalue weighted by molar-refractivity contribution is 0.205. The molecule has 1 unspecified atom stereocenters. The van der Waals surface area contributed by atoms with Crippen LogP contribution < -0.4 is 0 Å². The van der Waals surface area contributed by atoms with Crippen molar-refractivity contribution >= 4 is 26.8 Å². The number of aryl methyl sites for hydroxylation is 1. The van der Waals surface area contributed by atoms with Crippen LogP contribution in [0.15, 0.2) is 30.5 Å². The number of hydrogen-bond donors (Lipinski definition) is 1. The Morgan fingerprint density at radius 3 is 2.93 bits per heavy atom. The lowest BCUT2D eigenvalue weighted by Gasteiger charge is -2.07. The summed E-state index contributed by atoms with van der Waals surface area (Å²) in [6, 6.07) is 8.10. The predicted molar refractivity (Wildman–Crippen MR) is 61.7 cm³/mol. The van der Waals surface area contributed by atoms with Crippen LogP contribution in [0.3, 0.4) is 0 Å². The molecule has 1 aromatic heterocycles. The molecule has 0 aliphatic heterocycles. The fourth-order valence-corrected chi connectivity index (χ4v) is 1.95. The van der Waals surface area contributed by atoms with E-state index in [2.05, 4.69) is 26.6 Å². The Hall–Kier alpha value is -0.800. The van der Waals surface area contributed by atoms with Crippen LogP contribution in [0.1, 0.15) is 11.7 Å². The molecule has 1 heterocycles. The molecule has 74 valence electrons. The van der Waals surface area contributed by atoms with Crippen molar-refractivity contribution in [2.75, 3.05) is 5.33 Å². The summed E-state index contributed by atoms with van der Waals surface area (Å²) in [4.78, 5) is 0. The normalized spacial score (nSPS) is 13.4. The van der Waals surface area contributed by atoms with Crippen LogP contribution >= 0.6 is 15.9 Å². The summed E-state index contributed by atoms with van der Waals surface area (Å²) in [6.07, 6.45) is 1.60. The highest BCUT2D eigenvalue weighted by Gasteiger charge is 2.07. The maximum Gasteiger partial charge on any atom is 0.0887 e. The van der Waals surface area contributed by atoms with Gasteiger partial charge in [-0.3, -0.25) is 0 Å². The number of aromatic nitrogens is 1. The molecule has 1 aromatic carbocycles. The Bertz CT molecular complexity index is 449. The van der Waals surface area contributed by atoms with Crippen molar-refractivity contribution in [2.24, 2.45) is 7.05 Å². The Labute approximate surface area is 91.3 Å². The first-order chi connectivity index (χ1) is 6.72. The summed E-state index contributed by atoms with van der Waals surface area (Å²) in [7, 11) is 2.01. The van der Waals surface area contributed by atoms with Gasteiger partial charge in [-0.1, -0.05) is 28.1 Å². The molecule has 0 bridgehead atoms. The van der Waals surface area contributed by atoms with Crippen molar-refractivity contribution in [1.82, 2.24) is 4.57 Å². The number of aliphatic hydroxyl groups is 1. The molecule has 0 radical (unpaired) electrons. The van der Waals surface area contributed by atoms with Gasteiger partial charge < -0.3 is 9.67 Å². The topological polar surface area (TPSA) is 25.2 Å². The van der Waals surface area contributed by atoms with Gasteiger partial charge in [-0.05, 0) is 23.1 Å². The van der Waals surface area contributed by atoms with Crippen LogP contribution in [-0.4, -0.2) is 15.0 Å². The van der Waals surface area contributed by atoms with E-state index in [1.807, 2.05) is 31.4 Å². The van der Waals surface area contributed by atoms with Gasteiger partial charge in [0.15, 0.2) is 0 Å². The number of aliphatic hydroxyl groups excluding tert-OH is 1.